The van der Waals surface area contributed by atoms with Gasteiger partial charge in [0.05, 0.1) is 6.54 Å². The van der Waals surface area contributed by atoms with Crippen LogP contribution in [0.5, 0.6) is 0 Å². The molecule has 0 aliphatic carbocycles. The van der Waals surface area contributed by atoms with Gasteiger partial charge in [-0.15, -0.1) is 11.3 Å². The quantitative estimate of drug-likeness (QED) is 0.597. The van der Waals surface area contributed by atoms with Crippen molar-refractivity contribution < 1.29 is 0 Å². The lowest BCUT2D eigenvalue weighted by atomic mass is 10.1. The lowest BCUT2D eigenvalue weighted by Gasteiger charge is -2.15. The lowest BCUT2D eigenvalue weighted by Crippen LogP contribution is -2.36. The fraction of sp³-hybridized carbons (Fsp3) is 0.421. The van der Waals surface area contributed by atoms with Crippen LogP contribution in [0.25, 0.3) is 0 Å². The van der Waals surface area contributed by atoms with Crippen LogP contribution in [0.2, 0.25) is 0 Å². The number of rotatable bonds is 7. The molecule has 0 aliphatic rings. The van der Waals surface area contributed by atoms with Crippen LogP contribution in [0.3, 0.4) is 0 Å². The molecule has 0 unspecified atom stereocenters. The number of thiophene rings is 1. The van der Waals surface area contributed by atoms with E-state index in [0.29, 0.717) is 0 Å². The van der Waals surface area contributed by atoms with Crippen molar-refractivity contribution in [2.24, 2.45) is 4.99 Å². The van der Waals surface area contributed by atoms with E-state index in [-0.39, 0.29) is 0 Å². The maximum Gasteiger partial charge on any atom is 0.191 e. The van der Waals surface area contributed by atoms with Crippen LogP contribution in [0, 0.1) is 6.92 Å². The topological polar surface area (TPSA) is 39.7 Å². The van der Waals surface area contributed by atoms with Crippen molar-refractivity contribution in [2.75, 3.05) is 20.6 Å². The highest BCUT2D eigenvalue weighted by molar-refractivity contribution is 7.11. The van der Waals surface area contributed by atoms with E-state index in [4.69, 9.17) is 0 Å². The molecule has 0 bridgehead atoms. The van der Waals surface area contributed by atoms with E-state index in [1.807, 2.05) is 18.4 Å². The molecule has 0 radical (unpaired) electrons. The fourth-order valence-electron chi connectivity index (χ4n) is 2.42. The average molecular weight is 345 g/mol. The zero-order valence-electron chi connectivity index (χ0n) is 15.1. The Hall–Kier alpha value is -1.85. The van der Waals surface area contributed by atoms with Crippen molar-refractivity contribution in [3.63, 3.8) is 0 Å². The number of aryl methyl sites for hydroxylation is 1. The monoisotopic (exact) mass is 344 g/mol. The van der Waals surface area contributed by atoms with Crippen molar-refractivity contribution in [1.29, 1.82) is 0 Å². The third-order valence-electron chi connectivity index (χ3n) is 3.89. The van der Waals surface area contributed by atoms with Gasteiger partial charge in [-0.2, -0.15) is 0 Å². The smallest absolute Gasteiger partial charge is 0.191 e. The van der Waals surface area contributed by atoms with Crippen molar-refractivity contribution in [2.45, 2.75) is 33.5 Å². The minimum atomic E-state index is 0.771. The minimum Gasteiger partial charge on any atom is -0.352 e. The Labute approximate surface area is 149 Å². The third-order valence-corrected chi connectivity index (χ3v) is 4.89. The van der Waals surface area contributed by atoms with E-state index in [2.05, 4.69) is 77.8 Å². The molecular formula is C19H28N4S. The van der Waals surface area contributed by atoms with Crippen molar-refractivity contribution >= 4 is 17.3 Å². The molecule has 1 aromatic heterocycles. The first kappa shape index (κ1) is 18.5. The molecular weight excluding hydrogens is 316 g/mol. The van der Waals surface area contributed by atoms with Crippen LogP contribution in [-0.4, -0.2) is 31.5 Å². The van der Waals surface area contributed by atoms with Gasteiger partial charge in [-0.1, -0.05) is 31.2 Å². The van der Waals surface area contributed by atoms with E-state index in [9.17, 15) is 0 Å². The number of hydrogen-bond donors (Lipinski definition) is 2. The fourth-order valence-corrected chi connectivity index (χ4v) is 3.25. The van der Waals surface area contributed by atoms with Gasteiger partial charge in [0.15, 0.2) is 5.96 Å². The maximum absolute atomic E-state index is 4.30. The summed E-state index contributed by atoms with van der Waals surface area (Å²) in [5.74, 6) is 0.831. The van der Waals surface area contributed by atoms with E-state index < -0.39 is 0 Å². The van der Waals surface area contributed by atoms with Gasteiger partial charge in [0.2, 0.25) is 0 Å². The standard InChI is InChI=1S/C19H28N4S/c1-5-23(4)14-17-8-6-7-16(11-17)12-21-19(20-3)22-13-18-10-9-15(2)24-18/h6-11H,5,12-14H2,1-4H3,(H2,20,21,22). The van der Waals surface area contributed by atoms with Gasteiger partial charge < -0.3 is 15.5 Å². The summed E-state index contributed by atoms with van der Waals surface area (Å²) in [5, 5.41) is 6.75. The molecule has 1 aromatic carbocycles. The van der Waals surface area contributed by atoms with E-state index >= 15 is 0 Å². The minimum absolute atomic E-state index is 0.771. The molecule has 1 heterocycles. The highest BCUT2D eigenvalue weighted by Gasteiger charge is 2.03. The molecule has 24 heavy (non-hydrogen) atoms. The molecule has 0 fully saturated rings. The van der Waals surface area contributed by atoms with Gasteiger partial charge in [0.1, 0.15) is 0 Å². The largest absolute Gasteiger partial charge is 0.352 e. The van der Waals surface area contributed by atoms with Crippen LogP contribution >= 0.6 is 11.3 Å². The Bertz CT molecular complexity index is 663. The van der Waals surface area contributed by atoms with Crippen molar-refractivity contribution in [1.82, 2.24) is 15.5 Å². The van der Waals surface area contributed by atoms with Crippen LogP contribution in [0.1, 0.15) is 27.8 Å². The van der Waals surface area contributed by atoms with Crippen molar-refractivity contribution in [3.05, 3.63) is 57.3 Å². The van der Waals surface area contributed by atoms with Crippen LogP contribution in [0.4, 0.5) is 0 Å². The third kappa shape index (κ3) is 5.98. The van der Waals surface area contributed by atoms with E-state index in [1.165, 1.54) is 20.9 Å². The van der Waals surface area contributed by atoms with Crippen molar-refractivity contribution in [3.8, 4) is 0 Å². The molecule has 2 aromatic rings. The molecule has 130 valence electrons. The van der Waals surface area contributed by atoms with Gasteiger partial charge in [-0.05, 0) is 43.8 Å². The first-order valence-corrected chi connectivity index (χ1v) is 9.18. The predicted molar refractivity (Wildman–Crippen MR) is 105 cm³/mol. The molecule has 5 heteroatoms. The second kappa shape index (κ2) is 9.45. The van der Waals surface area contributed by atoms with Crippen LogP contribution in [0.15, 0.2) is 41.4 Å². The SMILES string of the molecule is CCN(C)Cc1cccc(CNC(=NC)NCc2ccc(C)s2)c1. The summed E-state index contributed by atoms with van der Waals surface area (Å²) in [6.45, 7) is 7.92. The summed E-state index contributed by atoms with van der Waals surface area (Å²) < 4.78 is 0. The zero-order chi connectivity index (χ0) is 17.4. The predicted octanol–water partition coefficient (Wildman–Crippen LogP) is 3.37. The molecule has 4 nitrogen and oxygen atoms in total. The number of benzene rings is 1. The van der Waals surface area contributed by atoms with E-state index in [0.717, 1.165) is 32.1 Å². The van der Waals surface area contributed by atoms with Gasteiger partial charge in [-0.3, -0.25) is 4.99 Å². The number of aliphatic imine (C=N–C) groups is 1. The lowest BCUT2D eigenvalue weighted by molar-refractivity contribution is 0.345. The van der Waals surface area contributed by atoms with Gasteiger partial charge in [-0.25, -0.2) is 0 Å². The second-order valence-corrected chi connectivity index (χ2v) is 7.31. The molecule has 0 saturated heterocycles. The summed E-state index contributed by atoms with van der Waals surface area (Å²) >= 11 is 1.81. The summed E-state index contributed by atoms with van der Waals surface area (Å²) in [5.41, 5.74) is 2.61. The van der Waals surface area contributed by atoms with Crippen LogP contribution in [-0.2, 0) is 19.6 Å². The number of hydrogen-bond acceptors (Lipinski definition) is 3. The molecule has 0 atom stereocenters. The molecule has 0 saturated carbocycles. The first-order chi connectivity index (χ1) is 11.6. The number of nitrogens with zero attached hydrogens (tertiary/aromatic N) is 2. The van der Waals surface area contributed by atoms with Gasteiger partial charge in [0.25, 0.3) is 0 Å². The zero-order valence-corrected chi connectivity index (χ0v) is 15.9. The second-order valence-electron chi connectivity index (χ2n) is 5.94. The number of guanidine groups is 1. The Morgan fingerprint density at radius 1 is 1.12 bits per heavy atom. The van der Waals surface area contributed by atoms with E-state index in [1.54, 1.807) is 0 Å². The van der Waals surface area contributed by atoms with Crippen LogP contribution < -0.4 is 10.6 Å². The molecule has 2 rings (SSSR count). The molecule has 0 spiro atoms. The van der Waals surface area contributed by atoms with Gasteiger partial charge >= 0.3 is 0 Å². The summed E-state index contributed by atoms with van der Waals surface area (Å²) in [7, 11) is 3.95. The Morgan fingerprint density at radius 3 is 2.54 bits per heavy atom. The Balaban J connectivity index is 1.85. The highest BCUT2D eigenvalue weighted by atomic mass is 32.1. The summed E-state index contributed by atoms with van der Waals surface area (Å²) in [4.78, 5) is 9.26. The molecule has 0 amide bonds. The summed E-state index contributed by atoms with van der Waals surface area (Å²) in [6.07, 6.45) is 0. The Kier molecular flexibility index (Phi) is 7.28. The maximum atomic E-state index is 4.30. The molecule has 2 N–H and O–H groups in total. The highest BCUT2D eigenvalue weighted by Crippen LogP contribution is 2.14. The van der Waals surface area contributed by atoms with Gasteiger partial charge in [0, 0.05) is 29.9 Å². The number of nitrogens with one attached hydrogen (secondary N) is 2. The molecule has 0 aliphatic heterocycles. The summed E-state index contributed by atoms with van der Waals surface area (Å²) in [6, 6.07) is 13.0. The first-order valence-electron chi connectivity index (χ1n) is 8.37. The average Bonchev–Trinajstić information content (AvgIpc) is 3.00. The Morgan fingerprint density at radius 2 is 1.88 bits per heavy atom. The normalized spacial score (nSPS) is 11.8.